The molecule has 0 aliphatic heterocycles. The van der Waals surface area contributed by atoms with Crippen molar-refractivity contribution in [3.05, 3.63) is 52.9 Å². The van der Waals surface area contributed by atoms with Gasteiger partial charge in [0.1, 0.15) is 10.7 Å². The van der Waals surface area contributed by atoms with Crippen LogP contribution in [0.25, 0.3) is 17.2 Å². The van der Waals surface area contributed by atoms with E-state index in [1.165, 1.54) is 0 Å². The van der Waals surface area contributed by atoms with Gasteiger partial charge < -0.3 is 0 Å². The molecule has 1 aliphatic carbocycles. The monoisotopic (exact) mass is 212 g/mol. The second kappa shape index (κ2) is 3.39. The Hall–Kier alpha value is -1.83. The molecule has 2 heterocycles. The third kappa shape index (κ3) is 1.48. The van der Waals surface area contributed by atoms with Crippen LogP contribution in [-0.4, -0.2) is 9.78 Å². The average molecular weight is 212 g/mol. The Morgan fingerprint density at radius 2 is 2.40 bits per heavy atom. The third-order valence-electron chi connectivity index (χ3n) is 2.19. The van der Waals surface area contributed by atoms with Crippen molar-refractivity contribution in [1.82, 2.24) is 9.78 Å². The second-order valence-electron chi connectivity index (χ2n) is 3.20. The van der Waals surface area contributed by atoms with Crippen molar-refractivity contribution in [3.63, 3.8) is 0 Å². The highest BCUT2D eigenvalue weighted by Crippen LogP contribution is 2.19. The van der Waals surface area contributed by atoms with Crippen LogP contribution in [0.1, 0.15) is 11.3 Å². The zero-order valence-electron chi connectivity index (χ0n) is 7.92. The highest BCUT2D eigenvalue weighted by Gasteiger charge is 2.06. The van der Waals surface area contributed by atoms with Crippen LogP contribution < -0.4 is 0 Å². The fourth-order valence-electron chi connectivity index (χ4n) is 1.49. The predicted molar refractivity (Wildman–Crippen MR) is 63.0 cm³/mol. The molecule has 0 saturated carbocycles. The summed E-state index contributed by atoms with van der Waals surface area (Å²) in [6.07, 6.45) is 9.84. The Morgan fingerprint density at radius 3 is 3.27 bits per heavy atom. The molecule has 0 spiro atoms. The van der Waals surface area contributed by atoms with Crippen molar-refractivity contribution in [1.29, 1.82) is 0 Å². The zero-order valence-corrected chi connectivity index (χ0v) is 8.74. The van der Waals surface area contributed by atoms with Crippen LogP contribution in [0.2, 0.25) is 0 Å². The molecular weight excluding hydrogens is 204 g/mol. The van der Waals surface area contributed by atoms with E-state index in [4.69, 9.17) is 0 Å². The lowest BCUT2D eigenvalue weighted by atomic mass is 10.2. The summed E-state index contributed by atoms with van der Waals surface area (Å²) in [7, 11) is 0. The fourth-order valence-corrected chi connectivity index (χ4v) is 2.14. The Morgan fingerprint density at radius 1 is 1.40 bits per heavy atom. The van der Waals surface area contributed by atoms with Gasteiger partial charge in [-0.25, -0.2) is 4.68 Å². The van der Waals surface area contributed by atoms with Crippen LogP contribution in [0.5, 0.6) is 0 Å². The Kier molecular flexibility index (Phi) is 1.91. The van der Waals surface area contributed by atoms with E-state index < -0.39 is 0 Å². The van der Waals surface area contributed by atoms with Gasteiger partial charge in [-0.2, -0.15) is 5.10 Å². The molecule has 1 aliphatic rings. The molecule has 72 valence electrons. The SMILES string of the molecule is C1=CC=Cc2cn(-c3cccs3)nc2C=1. The molecule has 0 aromatic carbocycles. The van der Waals surface area contributed by atoms with Gasteiger partial charge >= 0.3 is 0 Å². The first-order chi connectivity index (χ1) is 7.43. The topological polar surface area (TPSA) is 17.8 Å². The lowest BCUT2D eigenvalue weighted by Gasteiger charge is -1.92. The van der Waals surface area contributed by atoms with Crippen LogP contribution in [0.15, 0.2) is 41.6 Å². The molecule has 3 heteroatoms. The lowest BCUT2D eigenvalue weighted by molar-refractivity contribution is 0.892. The minimum Gasteiger partial charge on any atom is -0.230 e. The van der Waals surface area contributed by atoms with E-state index in [1.807, 2.05) is 46.6 Å². The second-order valence-corrected chi connectivity index (χ2v) is 4.13. The summed E-state index contributed by atoms with van der Waals surface area (Å²) in [6.45, 7) is 0. The van der Waals surface area contributed by atoms with Gasteiger partial charge in [-0.3, -0.25) is 0 Å². The maximum Gasteiger partial charge on any atom is 0.117 e. The Balaban J connectivity index is 2.15. The smallest absolute Gasteiger partial charge is 0.117 e. The maximum absolute atomic E-state index is 4.49. The van der Waals surface area contributed by atoms with Gasteiger partial charge in [0, 0.05) is 17.8 Å². The minimum absolute atomic E-state index is 0.966. The van der Waals surface area contributed by atoms with Gasteiger partial charge in [0.15, 0.2) is 0 Å². The number of nitrogens with zero attached hydrogens (tertiary/aromatic N) is 2. The number of rotatable bonds is 1. The van der Waals surface area contributed by atoms with Gasteiger partial charge in [-0.15, -0.1) is 17.1 Å². The van der Waals surface area contributed by atoms with E-state index >= 15 is 0 Å². The molecule has 2 aromatic rings. The summed E-state index contributed by atoms with van der Waals surface area (Å²) >= 11 is 1.68. The molecule has 0 amide bonds. The number of aromatic nitrogens is 2. The predicted octanol–water partition coefficient (Wildman–Crippen LogP) is 3.13. The van der Waals surface area contributed by atoms with E-state index in [9.17, 15) is 0 Å². The van der Waals surface area contributed by atoms with E-state index in [2.05, 4.69) is 16.9 Å². The largest absolute Gasteiger partial charge is 0.230 e. The molecule has 0 bridgehead atoms. The summed E-state index contributed by atoms with van der Waals surface area (Å²) in [4.78, 5) is 0. The van der Waals surface area contributed by atoms with E-state index in [-0.39, 0.29) is 0 Å². The summed E-state index contributed by atoms with van der Waals surface area (Å²) < 4.78 is 1.91. The van der Waals surface area contributed by atoms with Gasteiger partial charge in [0.05, 0.1) is 0 Å². The van der Waals surface area contributed by atoms with Crippen molar-refractivity contribution in [2.75, 3.05) is 0 Å². The van der Waals surface area contributed by atoms with Crippen LogP contribution in [0.3, 0.4) is 0 Å². The highest BCUT2D eigenvalue weighted by atomic mass is 32.1. The van der Waals surface area contributed by atoms with Gasteiger partial charge in [-0.05, 0) is 23.6 Å². The molecule has 0 saturated heterocycles. The summed E-state index contributed by atoms with van der Waals surface area (Å²) in [5.74, 6) is 0. The van der Waals surface area contributed by atoms with Crippen molar-refractivity contribution >= 4 is 23.5 Å². The standard InChI is InChI=1S/C12H8N2S/c1-2-5-10-9-14(12-7-4-8-15-12)13-11(10)6-3-1/h1-2,4-9H. The Labute approximate surface area is 91.5 Å². The number of fused-ring (bicyclic) bond motifs is 1. The molecule has 2 aromatic heterocycles. The Bertz CT molecular complexity index is 567. The first-order valence-electron chi connectivity index (χ1n) is 4.66. The van der Waals surface area contributed by atoms with Crippen LogP contribution in [-0.2, 0) is 0 Å². The molecular formula is C12H8N2S. The summed E-state index contributed by atoms with van der Waals surface area (Å²) in [5, 5.41) is 7.67. The third-order valence-corrected chi connectivity index (χ3v) is 3.05. The van der Waals surface area contributed by atoms with Crippen molar-refractivity contribution < 1.29 is 0 Å². The number of allylic oxidation sites excluding steroid dienone is 2. The molecule has 0 N–H and O–H groups in total. The van der Waals surface area contributed by atoms with Crippen molar-refractivity contribution in [3.8, 4) is 5.00 Å². The molecule has 15 heavy (non-hydrogen) atoms. The van der Waals surface area contributed by atoms with E-state index in [0.29, 0.717) is 0 Å². The molecule has 0 atom stereocenters. The molecule has 2 nitrogen and oxygen atoms in total. The first-order valence-corrected chi connectivity index (χ1v) is 5.54. The molecule has 0 radical (unpaired) electrons. The highest BCUT2D eigenvalue weighted by molar-refractivity contribution is 7.12. The number of thiophene rings is 1. The molecule has 3 rings (SSSR count). The quantitative estimate of drug-likeness (QED) is 0.664. The summed E-state index contributed by atoms with van der Waals surface area (Å²) in [6, 6.07) is 4.08. The van der Waals surface area contributed by atoms with Gasteiger partial charge in [-0.1, -0.05) is 12.2 Å². The van der Waals surface area contributed by atoms with E-state index in [0.717, 1.165) is 16.3 Å². The van der Waals surface area contributed by atoms with Gasteiger partial charge in [0.25, 0.3) is 0 Å². The van der Waals surface area contributed by atoms with Crippen LogP contribution in [0, 0.1) is 0 Å². The van der Waals surface area contributed by atoms with Gasteiger partial charge in [0.2, 0.25) is 0 Å². The zero-order chi connectivity index (χ0) is 10.1. The van der Waals surface area contributed by atoms with E-state index in [1.54, 1.807) is 11.3 Å². The normalized spacial score (nSPS) is 12.8. The lowest BCUT2D eigenvalue weighted by Crippen LogP contribution is -1.90. The van der Waals surface area contributed by atoms with Crippen LogP contribution in [0.4, 0.5) is 0 Å². The van der Waals surface area contributed by atoms with Crippen molar-refractivity contribution in [2.24, 2.45) is 0 Å². The first kappa shape index (κ1) is 8.48. The summed E-state index contributed by atoms with van der Waals surface area (Å²) in [5.41, 5.74) is 5.15. The van der Waals surface area contributed by atoms with Crippen molar-refractivity contribution in [2.45, 2.75) is 0 Å². The minimum atomic E-state index is 0.966. The number of hydrogen-bond acceptors (Lipinski definition) is 2. The average Bonchev–Trinajstić information content (AvgIpc) is 2.84. The molecule has 0 fully saturated rings. The molecule has 0 unspecified atom stereocenters. The fraction of sp³-hybridized carbons (Fsp3) is 0. The van der Waals surface area contributed by atoms with Crippen LogP contribution >= 0.6 is 11.3 Å². The maximum atomic E-state index is 4.49. The number of hydrogen-bond donors (Lipinski definition) is 0.